The summed E-state index contributed by atoms with van der Waals surface area (Å²) in [5.74, 6) is -0.248. The van der Waals surface area contributed by atoms with E-state index in [2.05, 4.69) is 5.16 Å². The third-order valence-corrected chi connectivity index (χ3v) is 2.15. The van der Waals surface area contributed by atoms with E-state index >= 15 is 0 Å². The molecule has 0 radical (unpaired) electrons. The van der Waals surface area contributed by atoms with Gasteiger partial charge in [0.2, 0.25) is 0 Å². The molecule has 1 aromatic rings. The van der Waals surface area contributed by atoms with Crippen LogP contribution in [0.15, 0.2) is 23.4 Å². The highest BCUT2D eigenvalue weighted by molar-refractivity contribution is 6.29. The highest BCUT2D eigenvalue weighted by Gasteiger charge is 2.05. The van der Waals surface area contributed by atoms with Crippen molar-refractivity contribution in [2.24, 2.45) is 10.9 Å². The molecule has 8 nitrogen and oxygen atoms in total. The van der Waals surface area contributed by atoms with Crippen molar-refractivity contribution in [3.63, 3.8) is 0 Å². The molecule has 0 spiro atoms. The molecular weight excluding hydrogens is 264 g/mol. The summed E-state index contributed by atoms with van der Waals surface area (Å²) in [4.78, 5) is 26.2. The van der Waals surface area contributed by atoms with Crippen molar-refractivity contribution >= 4 is 18.2 Å². The van der Waals surface area contributed by atoms with E-state index in [0.717, 1.165) is 6.21 Å². The van der Waals surface area contributed by atoms with Gasteiger partial charge in [-0.3, -0.25) is 10.1 Å². The second-order valence-corrected chi connectivity index (χ2v) is 3.50. The van der Waals surface area contributed by atoms with Crippen LogP contribution in [0.3, 0.4) is 0 Å². The molecule has 0 aliphatic carbocycles. The fraction of sp³-hybridized carbons (Fsp3) is 0.167. The average Bonchev–Trinajstić information content (AvgIpc) is 2.42. The third-order valence-electron chi connectivity index (χ3n) is 2.15. The lowest BCUT2D eigenvalue weighted by Gasteiger charge is -2.05. The molecule has 0 fully saturated rings. The van der Waals surface area contributed by atoms with E-state index in [-0.39, 0.29) is 6.61 Å². The number of ether oxygens (including phenoxy) is 1. The summed E-state index contributed by atoms with van der Waals surface area (Å²) in [6, 6.07) is 5.89. The lowest BCUT2D eigenvalue weighted by atomic mass is 10.1. The number of methoxy groups -OCH3 is 1. The number of oxime groups is 1. The molecule has 0 aliphatic heterocycles. The standard InChI is InChI=1S/C12H12N4O4/c1-19-10-3-2-8(9(4-10)5-13)7-20-15-6-11(17)16-12(14)18/h2-4,6H,7H2,1H3,(H3,14,16,17,18)/b15-6+. The first-order valence-corrected chi connectivity index (χ1v) is 5.39. The van der Waals surface area contributed by atoms with Gasteiger partial charge in [-0.15, -0.1) is 0 Å². The maximum Gasteiger partial charge on any atom is 0.319 e. The number of primary amides is 1. The van der Waals surface area contributed by atoms with Crippen molar-refractivity contribution in [2.45, 2.75) is 6.61 Å². The molecule has 3 amide bonds. The van der Waals surface area contributed by atoms with E-state index in [9.17, 15) is 9.59 Å². The van der Waals surface area contributed by atoms with Crippen LogP contribution in [0.5, 0.6) is 5.75 Å². The van der Waals surface area contributed by atoms with Gasteiger partial charge < -0.3 is 15.3 Å². The van der Waals surface area contributed by atoms with Crippen LogP contribution in [0.2, 0.25) is 0 Å². The van der Waals surface area contributed by atoms with Crippen LogP contribution in [0.1, 0.15) is 11.1 Å². The van der Waals surface area contributed by atoms with Gasteiger partial charge in [0.05, 0.1) is 18.7 Å². The molecule has 104 valence electrons. The van der Waals surface area contributed by atoms with Gasteiger partial charge in [-0.2, -0.15) is 5.26 Å². The van der Waals surface area contributed by atoms with Crippen LogP contribution >= 0.6 is 0 Å². The number of nitriles is 1. The molecule has 0 atom stereocenters. The highest BCUT2D eigenvalue weighted by atomic mass is 16.6. The number of hydrogen-bond acceptors (Lipinski definition) is 6. The molecule has 0 heterocycles. The van der Waals surface area contributed by atoms with E-state index in [1.54, 1.807) is 23.5 Å². The summed E-state index contributed by atoms with van der Waals surface area (Å²) in [6.45, 7) is -0.00671. The predicted molar refractivity (Wildman–Crippen MR) is 68.7 cm³/mol. The largest absolute Gasteiger partial charge is 0.497 e. The molecular formula is C12H12N4O4. The predicted octanol–water partition coefficient (Wildman–Crippen LogP) is 0.264. The Morgan fingerprint density at radius 1 is 1.55 bits per heavy atom. The van der Waals surface area contributed by atoms with Crippen molar-refractivity contribution in [2.75, 3.05) is 7.11 Å². The molecule has 3 N–H and O–H groups in total. The van der Waals surface area contributed by atoms with E-state index < -0.39 is 11.9 Å². The first kappa shape index (κ1) is 15.0. The molecule has 0 saturated carbocycles. The smallest absolute Gasteiger partial charge is 0.319 e. The molecule has 1 aromatic carbocycles. The van der Waals surface area contributed by atoms with Gasteiger partial charge in [0.1, 0.15) is 18.6 Å². The molecule has 8 heteroatoms. The van der Waals surface area contributed by atoms with Crippen LogP contribution in [0, 0.1) is 11.3 Å². The Morgan fingerprint density at radius 2 is 2.30 bits per heavy atom. The third kappa shape index (κ3) is 4.66. The van der Waals surface area contributed by atoms with Crippen LogP contribution in [0.25, 0.3) is 0 Å². The first-order chi connectivity index (χ1) is 9.56. The molecule has 0 unspecified atom stereocenters. The quantitative estimate of drug-likeness (QED) is 0.589. The van der Waals surface area contributed by atoms with E-state index in [4.69, 9.17) is 20.6 Å². The Hall–Kier alpha value is -3.08. The number of imide groups is 1. The summed E-state index contributed by atoms with van der Waals surface area (Å²) in [5.41, 5.74) is 5.69. The van der Waals surface area contributed by atoms with Crippen LogP contribution < -0.4 is 15.8 Å². The van der Waals surface area contributed by atoms with Gasteiger partial charge in [0.15, 0.2) is 0 Å². The second-order valence-electron chi connectivity index (χ2n) is 3.50. The Kier molecular flexibility index (Phi) is 5.52. The van der Waals surface area contributed by atoms with Gasteiger partial charge in [0.25, 0.3) is 5.91 Å². The normalized spacial score (nSPS) is 9.80. The summed E-state index contributed by atoms with van der Waals surface area (Å²) in [5, 5.41) is 14.1. The fourth-order valence-electron chi connectivity index (χ4n) is 1.26. The summed E-state index contributed by atoms with van der Waals surface area (Å²) < 4.78 is 4.99. The summed E-state index contributed by atoms with van der Waals surface area (Å²) in [7, 11) is 1.49. The highest BCUT2D eigenvalue weighted by Crippen LogP contribution is 2.17. The minimum atomic E-state index is -0.983. The number of carbonyl (C=O) groups excluding carboxylic acids is 2. The van der Waals surface area contributed by atoms with Crippen LogP contribution in [-0.2, 0) is 16.2 Å². The van der Waals surface area contributed by atoms with Gasteiger partial charge in [0, 0.05) is 5.56 Å². The maximum absolute atomic E-state index is 11.0. The number of hydrogen-bond donors (Lipinski definition) is 2. The van der Waals surface area contributed by atoms with Crippen LogP contribution in [0.4, 0.5) is 4.79 Å². The zero-order chi connectivity index (χ0) is 15.0. The average molecular weight is 276 g/mol. The zero-order valence-electron chi connectivity index (χ0n) is 10.6. The van der Waals surface area contributed by atoms with Crippen molar-refractivity contribution in [1.29, 1.82) is 5.26 Å². The van der Waals surface area contributed by atoms with Gasteiger partial charge in [-0.05, 0) is 12.1 Å². The van der Waals surface area contributed by atoms with Gasteiger partial charge in [-0.25, -0.2) is 4.79 Å². The summed E-state index contributed by atoms with van der Waals surface area (Å²) in [6.07, 6.45) is 0.764. The van der Waals surface area contributed by atoms with Gasteiger partial charge in [-0.1, -0.05) is 11.2 Å². The van der Waals surface area contributed by atoms with Crippen molar-refractivity contribution < 1.29 is 19.2 Å². The number of nitrogens with zero attached hydrogens (tertiary/aromatic N) is 2. The Balaban J connectivity index is 2.58. The van der Waals surface area contributed by atoms with Crippen LogP contribution in [-0.4, -0.2) is 25.3 Å². The fourth-order valence-corrected chi connectivity index (χ4v) is 1.26. The van der Waals surface area contributed by atoms with Crippen molar-refractivity contribution in [3.8, 4) is 11.8 Å². The van der Waals surface area contributed by atoms with Crippen molar-refractivity contribution in [1.82, 2.24) is 5.32 Å². The molecule has 0 aromatic heterocycles. The molecule has 20 heavy (non-hydrogen) atoms. The monoisotopic (exact) mass is 276 g/mol. The lowest BCUT2D eigenvalue weighted by molar-refractivity contribution is -0.113. The number of carbonyl (C=O) groups is 2. The van der Waals surface area contributed by atoms with Crippen molar-refractivity contribution in [3.05, 3.63) is 29.3 Å². The second kappa shape index (κ2) is 7.38. The minimum absolute atomic E-state index is 0.00671. The molecule has 0 bridgehead atoms. The number of urea groups is 1. The number of rotatable bonds is 5. The number of nitrogens with one attached hydrogen (secondary N) is 1. The Morgan fingerprint density at radius 3 is 2.90 bits per heavy atom. The maximum atomic E-state index is 11.0. The minimum Gasteiger partial charge on any atom is -0.497 e. The molecule has 0 saturated heterocycles. The number of benzene rings is 1. The lowest BCUT2D eigenvalue weighted by Crippen LogP contribution is -2.35. The number of nitrogens with two attached hydrogens (primary N) is 1. The topological polar surface area (TPSA) is 127 Å². The Labute approximate surface area is 114 Å². The Bertz CT molecular complexity index is 577. The molecule has 1 rings (SSSR count). The van der Waals surface area contributed by atoms with E-state index in [1.165, 1.54) is 7.11 Å². The first-order valence-electron chi connectivity index (χ1n) is 5.39. The number of amides is 3. The van der Waals surface area contributed by atoms with E-state index in [1.807, 2.05) is 6.07 Å². The molecule has 0 aliphatic rings. The summed E-state index contributed by atoms with van der Waals surface area (Å²) >= 11 is 0. The van der Waals surface area contributed by atoms with E-state index in [0.29, 0.717) is 16.9 Å². The zero-order valence-corrected chi connectivity index (χ0v) is 10.6. The van der Waals surface area contributed by atoms with Gasteiger partial charge >= 0.3 is 6.03 Å². The SMILES string of the molecule is COc1ccc(CO/N=C/C(=O)NC(N)=O)c(C#N)c1.